The summed E-state index contributed by atoms with van der Waals surface area (Å²) in [6, 6.07) is 13.8. The molecule has 1 amide bonds. The van der Waals surface area contributed by atoms with Crippen LogP contribution in [0.2, 0.25) is 5.02 Å². The zero-order valence-electron chi connectivity index (χ0n) is 18.7. The summed E-state index contributed by atoms with van der Waals surface area (Å²) >= 11 is 6.02. The van der Waals surface area contributed by atoms with Crippen LogP contribution in [0.3, 0.4) is 0 Å². The summed E-state index contributed by atoms with van der Waals surface area (Å²) in [6.45, 7) is 6.15. The fourth-order valence-corrected chi connectivity index (χ4v) is 4.06. The third kappa shape index (κ3) is 6.60. The molecule has 1 saturated heterocycles. The summed E-state index contributed by atoms with van der Waals surface area (Å²) in [5.74, 6) is 1.61. The number of carbonyl (C=O) groups excluding carboxylic acids is 1. The number of amides is 1. The van der Waals surface area contributed by atoms with Gasteiger partial charge in [-0.25, -0.2) is 0 Å². The van der Waals surface area contributed by atoms with E-state index in [0.29, 0.717) is 18.1 Å². The van der Waals surface area contributed by atoms with E-state index in [1.165, 1.54) is 0 Å². The molecule has 1 aliphatic rings. The number of benzene rings is 2. The zero-order valence-corrected chi connectivity index (χ0v) is 19.4. The lowest BCUT2D eigenvalue weighted by Gasteiger charge is -2.24. The van der Waals surface area contributed by atoms with Gasteiger partial charge in [-0.1, -0.05) is 23.7 Å². The highest BCUT2D eigenvalue weighted by Crippen LogP contribution is 2.25. The van der Waals surface area contributed by atoms with Crippen LogP contribution in [0.5, 0.6) is 11.5 Å². The van der Waals surface area contributed by atoms with Gasteiger partial charge in [0.2, 0.25) is 5.91 Å². The summed E-state index contributed by atoms with van der Waals surface area (Å²) in [7, 11) is 3.30. The fourth-order valence-electron chi connectivity index (χ4n) is 3.93. The number of likely N-dealkylation sites (tertiary alicyclic amines) is 1. The molecule has 31 heavy (non-hydrogen) atoms. The lowest BCUT2D eigenvalue weighted by molar-refractivity contribution is -0.126. The van der Waals surface area contributed by atoms with Crippen molar-refractivity contribution in [1.82, 2.24) is 15.5 Å². The quantitative estimate of drug-likeness (QED) is 0.617. The van der Waals surface area contributed by atoms with Crippen LogP contribution in [0.15, 0.2) is 42.5 Å². The molecule has 1 aliphatic heterocycles. The van der Waals surface area contributed by atoms with Crippen molar-refractivity contribution in [2.45, 2.75) is 51.5 Å². The molecule has 2 atom stereocenters. The van der Waals surface area contributed by atoms with Crippen molar-refractivity contribution in [3.05, 3.63) is 58.6 Å². The topological polar surface area (TPSA) is 62.8 Å². The molecule has 0 saturated carbocycles. The molecule has 1 heterocycles. The Morgan fingerprint density at radius 3 is 2.32 bits per heavy atom. The SMILES string of the molecule is COc1cc(CN[C@@H]2C[C@@H](C(=O)NC(C)C)N(Cc3ccc(Cl)cc3)C2)cc(OC)c1. The first-order valence-electron chi connectivity index (χ1n) is 10.6. The van der Waals surface area contributed by atoms with E-state index in [2.05, 4.69) is 15.5 Å². The first kappa shape index (κ1) is 23.4. The predicted octanol–water partition coefficient (Wildman–Crippen LogP) is 3.61. The van der Waals surface area contributed by atoms with Gasteiger partial charge < -0.3 is 20.1 Å². The third-order valence-electron chi connectivity index (χ3n) is 5.44. The Hall–Kier alpha value is -2.28. The van der Waals surface area contributed by atoms with Gasteiger partial charge >= 0.3 is 0 Å². The molecule has 0 spiro atoms. The maximum absolute atomic E-state index is 12.9. The molecule has 1 fully saturated rings. The number of ether oxygens (including phenoxy) is 2. The van der Waals surface area contributed by atoms with Crippen LogP contribution in [-0.4, -0.2) is 49.7 Å². The molecule has 2 aromatic rings. The van der Waals surface area contributed by atoms with Crippen LogP contribution in [0, 0.1) is 0 Å². The van der Waals surface area contributed by atoms with E-state index in [0.717, 1.165) is 35.6 Å². The van der Waals surface area contributed by atoms with E-state index >= 15 is 0 Å². The van der Waals surface area contributed by atoms with Crippen molar-refractivity contribution in [2.24, 2.45) is 0 Å². The number of rotatable bonds is 9. The van der Waals surface area contributed by atoms with Gasteiger partial charge in [0.15, 0.2) is 0 Å². The molecular weight excluding hydrogens is 414 g/mol. The second kappa shape index (κ2) is 10.8. The highest BCUT2D eigenvalue weighted by atomic mass is 35.5. The van der Waals surface area contributed by atoms with Crippen molar-refractivity contribution < 1.29 is 14.3 Å². The van der Waals surface area contributed by atoms with Crippen LogP contribution in [0.4, 0.5) is 0 Å². The summed E-state index contributed by atoms with van der Waals surface area (Å²) in [6.07, 6.45) is 0.757. The Kier molecular flexibility index (Phi) is 8.18. The van der Waals surface area contributed by atoms with Gasteiger partial charge in [-0.05, 0) is 55.7 Å². The van der Waals surface area contributed by atoms with Crippen LogP contribution >= 0.6 is 11.6 Å². The largest absolute Gasteiger partial charge is 0.497 e. The van der Waals surface area contributed by atoms with E-state index in [-0.39, 0.29) is 24.0 Å². The lowest BCUT2D eigenvalue weighted by Crippen LogP contribution is -2.45. The van der Waals surface area contributed by atoms with Crippen LogP contribution < -0.4 is 20.1 Å². The summed E-state index contributed by atoms with van der Waals surface area (Å²) in [5.41, 5.74) is 2.22. The highest BCUT2D eigenvalue weighted by molar-refractivity contribution is 6.30. The third-order valence-corrected chi connectivity index (χ3v) is 5.69. The van der Waals surface area contributed by atoms with Crippen molar-refractivity contribution in [1.29, 1.82) is 0 Å². The van der Waals surface area contributed by atoms with E-state index in [1.807, 2.05) is 56.3 Å². The normalized spacial score (nSPS) is 18.9. The number of halogens is 1. The van der Waals surface area contributed by atoms with Crippen LogP contribution in [0.1, 0.15) is 31.4 Å². The second-order valence-electron chi connectivity index (χ2n) is 8.27. The number of hydrogen-bond acceptors (Lipinski definition) is 5. The molecule has 0 bridgehead atoms. The van der Waals surface area contributed by atoms with Gasteiger partial charge in [-0.15, -0.1) is 0 Å². The monoisotopic (exact) mass is 445 g/mol. The van der Waals surface area contributed by atoms with Crippen LogP contribution in [0.25, 0.3) is 0 Å². The fraction of sp³-hybridized carbons (Fsp3) is 0.458. The van der Waals surface area contributed by atoms with Crippen LogP contribution in [-0.2, 0) is 17.9 Å². The van der Waals surface area contributed by atoms with Gasteiger partial charge in [-0.2, -0.15) is 0 Å². The molecule has 0 radical (unpaired) electrons. The number of carbonyl (C=O) groups is 1. The Morgan fingerprint density at radius 1 is 1.10 bits per heavy atom. The lowest BCUT2D eigenvalue weighted by atomic mass is 10.1. The van der Waals surface area contributed by atoms with Crippen molar-refractivity contribution >= 4 is 17.5 Å². The van der Waals surface area contributed by atoms with Gasteiger partial charge in [0, 0.05) is 42.8 Å². The standard InChI is InChI=1S/C24H32ClN3O3/c1-16(2)27-24(29)23-11-20(15-28(23)14-17-5-7-19(25)8-6-17)26-13-18-9-21(30-3)12-22(10-18)31-4/h5-10,12,16,20,23,26H,11,13-15H2,1-4H3,(H,27,29)/t20-,23+/m1/s1. The van der Waals surface area contributed by atoms with E-state index in [1.54, 1.807) is 14.2 Å². The molecule has 6 nitrogen and oxygen atoms in total. The van der Waals surface area contributed by atoms with Crippen molar-refractivity contribution in [3.8, 4) is 11.5 Å². The number of methoxy groups -OCH3 is 2. The summed E-state index contributed by atoms with van der Waals surface area (Å²) in [4.78, 5) is 15.1. The smallest absolute Gasteiger partial charge is 0.237 e. The highest BCUT2D eigenvalue weighted by Gasteiger charge is 2.36. The van der Waals surface area contributed by atoms with Crippen molar-refractivity contribution in [3.63, 3.8) is 0 Å². The maximum Gasteiger partial charge on any atom is 0.237 e. The molecule has 2 N–H and O–H groups in total. The number of nitrogens with one attached hydrogen (secondary N) is 2. The summed E-state index contributed by atoms with van der Waals surface area (Å²) < 4.78 is 10.7. The minimum atomic E-state index is -0.171. The second-order valence-corrected chi connectivity index (χ2v) is 8.71. The zero-order chi connectivity index (χ0) is 22.4. The molecule has 0 aliphatic carbocycles. The van der Waals surface area contributed by atoms with Gasteiger partial charge in [0.25, 0.3) is 0 Å². The first-order chi connectivity index (χ1) is 14.9. The Morgan fingerprint density at radius 2 is 1.74 bits per heavy atom. The molecule has 0 aromatic heterocycles. The van der Waals surface area contributed by atoms with Gasteiger partial charge in [0.05, 0.1) is 20.3 Å². The maximum atomic E-state index is 12.9. The minimum Gasteiger partial charge on any atom is -0.497 e. The molecule has 2 aromatic carbocycles. The average molecular weight is 446 g/mol. The van der Waals surface area contributed by atoms with E-state index in [4.69, 9.17) is 21.1 Å². The van der Waals surface area contributed by atoms with E-state index < -0.39 is 0 Å². The summed E-state index contributed by atoms with van der Waals surface area (Å²) in [5, 5.41) is 7.40. The molecule has 0 unspecified atom stereocenters. The Balaban J connectivity index is 1.68. The average Bonchev–Trinajstić information content (AvgIpc) is 3.16. The first-order valence-corrected chi connectivity index (χ1v) is 11.0. The molecule has 7 heteroatoms. The van der Waals surface area contributed by atoms with Gasteiger partial charge in [-0.3, -0.25) is 9.69 Å². The minimum absolute atomic E-state index is 0.0799. The number of nitrogens with zero attached hydrogens (tertiary/aromatic N) is 1. The number of hydrogen-bond donors (Lipinski definition) is 2. The van der Waals surface area contributed by atoms with Crippen molar-refractivity contribution in [2.75, 3.05) is 20.8 Å². The Labute approximate surface area is 189 Å². The molecular formula is C24H32ClN3O3. The molecule has 168 valence electrons. The van der Waals surface area contributed by atoms with Gasteiger partial charge in [0.1, 0.15) is 11.5 Å². The Bertz CT molecular complexity index is 851. The predicted molar refractivity (Wildman–Crippen MR) is 124 cm³/mol. The molecule has 3 rings (SSSR count). The van der Waals surface area contributed by atoms with E-state index in [9.17, 15) is 4.79 Å².